The number of nitrogens with one attached hydrogen (secondary N) is 1. The van der Waals surface area contributed by atoms with E-state index < -0.39 is 0 Å². The Bertz CT molecular complexity index is 559. The van der Waals surface area contributed by atoms with Gasteiger partial charge in [-0.25, -0.2) is 4.68 Å². The molecule has 3 unspecified atom stereocenters. The van der Waals surface area contributed by atoms with Crippen LogP contribution in [-0.2, 0) is 6.54 Å². The van der Waals surface area contributed by atoms with Crippen LogP contribution >= 0.6 is 15.9 Å². The molecule has 0 aromatic carbocycles. The molecule has 0 spiro atoms. The maximum absolute atomic E-state index is 12.3. The Morgan fingerprint density at radius 1 is 1.50 bits per heavy atom. The minimum absolute atomic E-state index is 0.0215. The lowest BCUT2D eigenvalue weighted by atomic mass is 9.95. The number of nitrogens with zero attached hydrogens (tertiary/aromatic N) is 3. The van der Waals surface area contributed by atoms with Gasteiger partial charge in [-0.1, -0.05) is 6.92 Å². The van der Waals surface area contributed by atoms with Gasteiger partial charge in [0.25, 0.3) is 5.56 Å². The van der Waals surface area contributed by atoms with Gasteiger partial charge >= 0.3 is 0 Å². The molecule has 1 aromatic heterocycles. The summed E-state index contributed by atoms with van der Waals surface area (Å²) < 4.78 is 2.19. The zero-order chi connectivity index (χ0) is 14.3. The molecule has 0 saturated carbocycles. The molecular weight excluding hydrogens is 320 g/mol. The fraction of sp³-hybridized carbons (Fsp3) is 0.714. The van der Waals surface area contributed by atoms with E-state index in [-0.39, 0.29) is 5.56 Å². The summed E-state index contributed by atoms with van der Waals surface area (Å²) in [6.07, 6.45) is 2.75. The number of anilines is 1. The van der Waals surface area contributed by atoms with E-state index in [0.717, 1.165) is 31.7 Å². The molecule has 6 heteroatoms. The molecule has 3 rings (SSSR count). The summed E-state index contributed by atoms with van der Waals surface area (Å²) in [4.78, 5) is 14.6. The van der Waals surface area contributed by atoms with E-state index in [2.05, 4.69) is 38.2 Å². The van der Waals surface area contributed by atoms with Gasteiger partial charge in [-0.05, 0) is 41.1 Å². The highest BCUT2D eigenvalue weighted by Gasteiger charge is 2.42. The molecule has 3 atom stereocenters. The molecular formula is C14H21BrN4O. The Hall–Kier alpha value is -0.880. The highest BCUT2D eigenvalue weighted by molar-refractivity contribution is 9.10. The first-order valence-electron chi connectivity index (χ1n) is 7.36. The minimum atomic E-state index is -0.0215. The summed E-state index contributed by atoms with van der Waals surface area (Å²) in [7, 11) is 0. The molecule has 0 aliphatic carbocycles. The molecule has 2 fully saturated rings. The summed E-state index contributed by atoms with van der Waals surface area (Å²) >= 11 is 3.49. The zero-order valence-corrected chi connectivity index (χ0v) is 13.6. The van der Waals surface area contributed by atoms with Gasteiger partial charge in [-0.3, -0.25) is 4.79 Å². The number of hydrogen-bond donors (Lipinski definition) is 1. The highest BCUT2D eigenvalue weighted by atomic mass is 79.9. The summed E-state index contributed by atoms with van der Waals surface area (Å²) in [5, 5.41) is 7.78. The van der Waals surface area contributed by atoms with Crippen LogP contribution in [0.4, 0.5) is 5.69 Å². The molecule has 1 N–H and O–H groups in total. The van der Waals surface area contributed by atoms with Crippen LogP contribution in [0.3, 0.4) is 0 Å². The molecule has 0 amide bonds. The van der Waals surface area contributed by atoms with Crippen LogP contribution in [0.2, 0.25) is 0 Å². The van der Waals surface area contributed by atoms with E-state index in [9.17, 15) is 4.79 Å². The summed E-state index contributed by atoms with van der Waals surface area (Å²) in [6.45, 7) is 8.15. The van der Waals surface area contributed by atoms with Crippen LogP contribution in [0.1, 0.15) is 20.3 Å². The average molecular weight is 341 g/mol. The van der Waals surface area contributed by atoms with E-state index in [1.165, 1.54) is 4.68 Å². The van der Waals surface area contributed by atoms with Crippen LogP contribution in [-0.4, -0.2) is 35.5 Å². The van der Waals surface area contributed by atoms with Crippen molar-refractivity contribution in [2.45, 2.75) is 32.9 Å². The van der Waals surface area contributed by atoms with E-state index in [0.29, 0.717) is 28.9 Å². The van der Waals surface area contributed by atoms with Gasteiger partial charge in [0.15, 0.2) is 0 Å². The van der Waals surface area contributed by atoms with E-state index in [1.807, 2.05) is 13.1 Å². The van der Waals surface area contributed by atoms with Crippen molar-refractivity contribution in [1.82, 2.24) is 15.1 Å². The summed E-state index contributed by atoms with van der Waals surface area (Å²) in [6, 6.07) is 0.453. The molecule has 5 nitrogen and oxygen atoms in total. The normalized spacial score (nSPS) is 28.9. The van der Waals surface area contributed by atoms with Crippen molar-refractivity contribution >= 4 is 21.6 Å². The maximum atomic E-state index is 12.3. The molecule has 0 bridgehead atoms. The van der Waals surface area contributed by atoms with Crippen molar-refractivity contribution in [3.05, 3.63) is 21.0 Å². The van der Waals surface area contributed by atoms with Gasteiger partial charge in [-0.15, -0.1) is 0 Å². The van der Waals surface area contributed by atoms with Gasteiger partial charge in [0.05, 0.1) is 11.9 Å². The van der Waals surface area contributed by atoms with Gasteiger partial charge in [0.1, 0.15) is 4.47 Å². The molecule has 110 valence electrons. The van der Waals surface area contributed by atoms with Crippen molar-refractivity contribution in [3.8, 4) is 0 Å². The Balaban J connectivity index is 1.91. The van der Waals surface area contributed by atoms with E-state index >= 15 is 0 Å². The lowest BCUT2D eigenvalue weighted by molar-refractivity contribution is 0.471. The Morgan fingerprint density at radius 3 is 3.00 bits per heavy atom. The third-order valence-electron chi connectivity index (χ3n) is 4.65. The number of fused-ring (bicyclic) bond motifs is 1. The number of halogens is 1. The highest BCUT2D eigenvalue weighted by Crippen LogP contribution is 2.37. The van der Waals surface area contributed by atoms with Gasteiger partial charge in [0, 0.05) is 32.2 Å². The average Bonchev–Trinajstić information content (AvgIpc) is 3.00. The first-order chi connectivity index (χ1) is 9.63. The minimum Gasteiger partial charge on any atom is -0.366 e. The Morgan fingerprint density at radius 2 is 2.30 bits per heavy atom. The second-order valence-electron chi connectivity index (χ2n) is 5.85. The van der Waals surface area contributed by atoms with Crippen molar-refractivity contribution in [2.75, 3.05) is 24.5 Å². The smallest absolute Gasteiger partial charge is 0.283 e. The molecule has 3 heterocycles. The SMILES string of the molecule is CCCn1ncc(N2CC3CNCC3C2C)c(Br)c1=O. The summed E-state index contributed by atoms with van der Waals surface area (Å²) in [5.41, 5.74) is 0.927. The number of aryl methyl sites for hydroxylation is 1. The molecule has 1 aromatic rings. The monoisotopic (exact) mass is 340 g/mol. The number of hydrogen-bond acceptors (Lipinski definition) is 4. The fourth-order valence-electron chi connectivity index (χ4n) is 3.51. The standard InChI is InChI=1S/C14H21BrN4O/c1-3-4-19-14(20)13(15)12(7-17-19)18-8-10-5-16-6-11(10)9(18)2/h7,9-11,16H,3-6,8H2,1-2H3. The predicted octanol–water partition coefficient (Wildman–Crippen LogP) is 1.46. The molecule has 0 radical (unpaired) electrons. The third-order valence-corrected chi connectivity index (χ3v) is 5.39. The lowest BCUT2D eigenvalue weighted by Crippen LogP contribution is -2.35. The largest absolute Gasteiger partial charge is 0.366 e. The summed E-state index contributed by atoms with van der Waals surface area (Å²) in [5.74, 6) is 1.37. The van der Waals surface area contributed by atoms with Crippen LogP contribution in [0.25, 0.3) is 0 Å². The zero-order valence-electron chi connectivity index (χ0n) is 12.0. The quantitative estimate of drug-likeness (QED) is 0.904. The maximum Gasteiger partial charge on any atom is 0.283 e. The van der Waals surface area contributed by atoms with Crippen LogP contribution < -0.4 is 15.8 Å². The molecule has 2 aliphatic rings. The first-order valence-corrected chi connectivity index (χ1v) is 8.15. The molecule has 2 saturated heterocycles. The second-order valence-corrected chi connectivity index (χ2v) is 6.64. The third kappa shape index (κ3) is 2.19. The topological polar surface area (TPSA) is 50.2 Å². The van der Waals surface area contributed by atoms with Crippen LogP contribution in [0.15, 0.2) is 15.5 Å². The number of aromatic nitrogens is 2. The number of rotatable bonds is 3. The van der Waals surface area contributed by atoms with Crippen molar-refractivity contribution < 1.29 is 0 Å². The first kappa shape index (κ1) is 14.1. The van der Waals surface area contributed by atoms with Crippen LogP contribution in [0.5, 0.6) is 0 Å². The van der Waals surface area contributed by atoms with Crippen molar-refractivity contribution in [3.63, 3.8) is 0 Å². The van der Waals surface area contributed by atoms with Crippen molar-refractivity contribution in [1.29, 1.82) is 0 Å². The fourth-order valence-corrected chi connectivity index (χ4v) is 4.05. The van der Waals surface area contributed by atoms with Gasteiger partial charge < -0.3 is 10.2 Å². The van der Waals surface area contributed by atoms with E-state index in [1.54, 1.807) is 0 Å². The van der Waals surface area contributed by atoms with E-state index in [4.69, 9.17) is 0 Å². The predicted molar refractivity (Wildman–Crippen MR) is 83.1 cm³/mol. The van der Waals surface area contributed by atoms with Gasteiger partial charge in [0.2, 0.25) is 0 Å². The Labute approximate surface area is 127 Å². The van der Waals surface area contributed by atoms with Crippen LogP contribution in [0, 0.1) is 11.8 Å². The van der Waals surface area contributed by atoms with Gasteiger partial charge in [-0.2, -0.15) is 5.10 Å². The molecule has 20 heavy (non-hydrogen) atoms. The Kier molecular flexibility index (Phi) is 3.86. The lowest BCUT2D eigenvalue weighted by Gasteiger charge is -2.27. The molecule has 2 aliphatic heterocycles. The second kappa shape index (κ2) is 5.48. The van der Waals surface area contributed by atoms with Crippen molar-refractivity contribution in [2.24, 2.45) is 11.8 Å².